The van der Waals surface area contributed by atoms with E-state index in [1.165, 1.54) is 10.4 Å². The molecule has 2 aromatic rings. The number of fused-ring (bicyclic) bond motifs is 1. The van der Waals surface area contributed by atoms with Crippen LogP contribution in [-0.4, -0.2) is 22.2 Å². The third kappa shape index (κ3) is 2.76. The van der Waals surface area contributed by atoms with E-state index in [1.807, 2.05) is 12.1 Å². The van der Waals surface area contributed by atoms with E-state index in [0.717, 1.165) is 12.8 Å². The van der Waals surface area contributed by atoms with Crippen molar-refractivity contribution in [2.45, 2.75) is 12.8 Å². The lowest BCUT2D eigenvalue weighted by atomic mass is 10.2. The molecule has 0 aromatic heterocycles. The summed E-state index contributed by atoms with van der Waals surface area (Å²) in [6.45, 7) is 0.993. The van der Waals surface area contributed by atoms with E-state index in [4.69, 9.17) is 5.73 Å². The summed E-state index contributed by atoms with van der Waals surface area (Å²) in [4.78, 5) is 0. The Morgan fingerprint density at radius 3 is 2.17 bits per heavy atom. The molecule has 7 heteroatoms. The largest absolute Gasteiger partial charge is 0.330 e. The van der Waals surface area contributed by atoms with E-state index >= 15 is 0 Å². The molecule has 5 nitrogen and oxygen atoms in total. The van der Waals surface area contributed by atoms with Crippen LogP contribution in [-0.2, 0) is 0 Å². The summed E-state index contributed by atoms with van der Waals surface area (Å²) in [5.41, 5.74) is 6.95. The minimum atomic E-state index is -3.36. The Kier molecular flexibility index (Phi) is 4.45. The van der Waals surface area contributed by atoms with Gasteiger partial charge >= 0.3 is 0 Å². The number of para-hydroxylation sites is 3. The molecule has 0 saturated carbocycles. The van der Waals surface area contributed by atoms with Gasteiger partial charge in [0.2, 0.25) is 0 Å². The monoisotopic (exact) mass is 337 g/mol. The lowest BCUT2D eigenvalue weighted by Gasteiger charge is -2.43. The molecule has 0 radical (unpaired) electrons. The molecule has 1 aliphatic heterocycles. The van der Waals surface area contributed by atoms with Gasteiger partial charge in [0.05, 0.1) is 11.4 Å². The van der Waals surface area contributed by atoms with Gasteiger partial charge in [-0.2, -0.15) is 0 Å². The van der Waals surface area contributed by atoms with Crippen molar-refractivity contribution in [3.63, 3.8) is 0 Å². The van der Waals surface area contributed by atoms with E-state index in [-0.39, 0.29) is 5.69 Å². The Hall–Kier alpha value is -1.80. The minimum absolute atomic E-state index is 0.154. The predicted molar refractivity (Wildman–Crippen MR) is 93.5 cm³/mol. The van der Waals surface area contributed by atoms with Crippen LogP contribution in [0.5, 0.6) is 0 Å². The Balaban J connectivity index is 2.05. The van der Waals surface area contributed by atoms with Gasteiger partial charge in [-0.15, -0.1) is 0 Å². The van der Waals surface area contributed by atoms with Crippen molar-refractivity contribution in [3.05, 3.63) is 54.3 Å². The SMILES string of the molecule is NCCCCN1c2ccccc2N(c2ccccc2F)S1(O)O. The third-order valence-electron chi connectivity index (χ3n) is 3.80. The van der Waals surface area contributed by atoms with Gasteiger partial charge in [-0.25, -0.2) is 8.70 Å². The zero-order chi connectivity index (χ0) is 16.4. The smallest absolute Gasteiger partial charge is 0.148 e. The van der Waals surface area contributed by atoms with Crippen LogP contribution >= 0.6 is 11.0 Å². The fourth-order valence-electron chi connectivity index (χ4n) is 2.73. The summed E-state index contributed by atoms with van der Waals surface area (Å²) >= 11 is 0. The second-order valence-corrected chi connectivity index (χ2v) is 7.11. The number of unbranched alkanes of at least 4 members (excludes halogenated alkanes) is 1. The highest BCUT2D eigenvalue weighted by Crippen LogP contribution is 2.64. The molecule has 0 atom stereocenters. The highest BCUT2D eigenvalue weighted by atomic mass is 32.3. The number of hydrogen-bond donors (Lipinski definition) is 3. The second-order valence-electron chi connectivity index (χ2n) is 5.32. The number of anilines is 3. The van der Waals surface area contributed by atoms with Crippen molar-refractivity contribution in [2.24, 2.45) is 5.73 Å². The molecule has 3 rings (SSSR count). The highest BCUT2D eigenvalue weighted by molar-refractivity contribution is 8.27. The quantitative estimate of drug-likeness (QED) is 0.716. The number of nitrogens with zero attached hydrogens (tertiary/aromatic N) is 2. The van der Waals surface area contributed by atoms with Crippen LogP contribution in [0.1, 0.15) is 12.8 Å². The molecule has 0 aliphatic carbocycles. The lowest BCUT2D eigenvalue weighted by molar-refractivity contribution is 0.482. The van der Waals surface area contributed by atoms with E-state index < -0.39 is 16.8 Å². The van der Waals surface area contributed by atoms with Gasteiger partial charge in [0.1, 0.15) is 11.5 Å². The summed E-state index contributed by atoms with van der Waals surface area (Å²) in [5, 5.41) is 0. The van der Waals surface area contributed by atoms with Crippen LogP contribution < -0.4 is 14.3 Å². The first-order valence-corrected chi connectivity index (χ1v) is 8.93. The molecule has 0 saturated heterocycles. The van der Waals surface area contributed by atoms with Gasteiger partial charge in [-0.05, 0) is 54.6 Å². The van der Waals surface area contributed by atoms with Crippen LogP contribution in [0, 0.1) is 5.82 Å². The fraction of sp³-hybridized carbons (Fsp3) is 0.250. The number of rotatable bonds is 5. The average Bonchev–Trinajstić information content (AvgIpc) is 2.76. The first-order valence-electron chi connectivity index (χ1n) is 7.47. The summed E-state index contributed by atoms with van der Waals surface area (Å²) in [6.07, 6.45) is 1.51. The van der Waals surface area contributed by atoms with Crippen molar-refractivity contribution in [2.75, 3.05) is 21.7 Å². The predicted octanol–water partition coefficient (Wildman–Crippen LogP) is 4.10. The second kappa shape index (κ2) is 6.37. The van der Waals surface area contributed by atoms with Crippen LogP contribution in [0.25, 0.3) is 0 Å². The molecule has 0 spiro atoms. The molecule has 1 aliphatic rings. The van der Waals surface area contributed by atoms with Crippen molar-refractivity contribution in [1.82, 2.24) is 0 Å². The maximum atomic E-state index is 14.2. The lowest BCUT2D eigenvalue weighted by Crippen LogP contribution is -2.32. The van der Waals surface area contributed by atoms with E-state index in [9.17, 15) is 13.5 Å². The molecule has 2 aromatic carbocycles. The third-order valence-corrected chi connectivity index (χ3v) is 5.65. The standard InChI is InChI=1S/C16H20FN3O2S/c17-13-7-1-2-8-14(13)20-16-10-4-3-9-15(16)19(23(20,21)22)12-6-5-11-18/h1-4,7-10,21-22H,5-6,11-12,18H2. The molecule has 0 unspecified atom stereocenters. The Morgan fingerprint density at radius 1 is 0.913 bits per heavy atom. The number of nitrogens with two attached hydrogens (primary N) is 1. The molecule has 23 heavy (non-hydrogen) atoms. The van der Waals surface area contributed by atoms with Crippen molar-refractivity contribution >= 4 is 28.0 Å². The van der Waals surface area contributed by atoms with Gasteiger partial charge in [-0.1, -0.05) is 24.3 Å². The molecule has 1 heterocycles. The van der Waals surface area contributed by atoms with Crippen LogP contribution in [0.3, 0.4) is 0 Å². The maximum absolute atomic E-state index is 14.2. The first-order chi connectivity index (χ1) is 11.1. The summed E-state index contributed by atoms with van der Waals surface area (Å²) in [6, 6.07) is 13.3. The van der Waals surface area contributed by atoms with Gasteiger partial charge < -0.3 is 5.73 Å². The van der Waals surface area contributed by atoms with Crippen LogP contribution in [0.15, 0.2) is 48.5 Å². The molecule has 4 N–H and O–H groups in total. The fourth-order valence-corrected chi connectivity index (χ4v) is 4.55. The van der Waals surface area contributed by atoms with Crippen molar-refractivity contribution in [3.8, 4) is 0 Å². The van der Waals surface area contributed by atoms with Crippen LogP contribution in [0.4, 0.5) is 21.5 Å². The van der Waals surface area contributed by atoms with Gasteiger partial charge in [0, 0.05) is 6.54 Å². The van der Waals surface area contributed by atoms with Crippen molar-refractivity contribution in [1.29, 1.82) is 0 Å². The normalized spacial score (nSPS) is 17.2. The van der Waals surface area contributed by atoms with E-state index in [2.05, 4.69) is 0 Å². The molecular formula is C16H20FN3O2S. The minimum Gasteiger partial charge on any atom is -0.330 e. The highest BCUT2D eigenvalue weighted by Gasteiger charge is 2.42. The van der Waals surface area contributed by atoms with Crippen molar-refractivity contribution < 1.29 is 13.5 Å². The molecular weight excluding hydrogens is 317 g/mol. The van der Waals surface area contributed by atoms with Gasteiger partial charge in [0.15, 0.2) is 0 Å². The number of benzene rings is 2. The average molecular weight is 337 g/mol. The van der Waals surface area contributed by atoms with Crippen LogP contribution in [0.2, 0.25) is 0 Å². The van der Waals surface area contributed by atoms with E-state index in [0.29, 0.717) is 24.5 Å². The zero-order valence-corrected chi connectivity index (χ0v) is 13.4. The Bertz CT molecular complexity index is 699. The summed E-state index contributed by atoms with van der Waals surface area (Å²) < 4.78 is 38.7. The maximum Gasteiger partial charge on any atom is 0.148 e. The van der Waals surface area contributed by atoms with Gasteiger partial charge in [0.25, 0.3) is 0 Å². The first kappa shape index (κ1) is 16.1. The summed E-state index contributed by atoms with van der Waals surface area (Å²) in [5.74, 6) is -0.494. The zero-order valence-electron chi connectivity index (χ0n) is 12.6. The number of halogens is 1. The Labute approximate surface area is 136 Å². The number of hydrogen-bond acceptors (Lipinski definition) is 5. The molecule has 124 valence electrons. The van der Waals surface area contributed by atoms with E-state index in [1.54, 1.807) is 34.6 Å². The molecule has 0 amide bonds. The topological polar surface area (TPSA) is 73.0 Å². The van der Waals surface area contributed by atoms with Gasteiger partial charge in [-0.3, -0.25) is 13.4 Å². The summed E-state index contributed by atoms with van der Waals surface area (Å²) in [7, 11) is -3.36. The Morgan fingerprint density at radius 2 is 1.52 bits per heavy atom. The molecule has 0 fully saturated rings. The molecule has 0 bridgehead atoms.